The smallest absolute Gasteiger partial charge is 0.230 e. The lowest BCUT2D eigenvalue weighted by molar-refractivity contribution is -0.120. The van der Waals surface area contributed by atoms with Gasteiger partial charge in [0.15, 0.2) is 0 Å². The molecule has 1 aliphatic heterocycles. The minimum atomic E-state index is 0.205. The second-order valence-corrected chi connectivity index (χ2v) is 7.41. The average molecular weight is 335 g/mol. The number of rotatable bonds is 3. The average Bonchev–Trinajstić information content (AvgIpc) is 3.05. The summed E-state index contributed by atoms with van der Waals surface area (Å²) in [5.41, 5.74) is 4.05. The Bertz CT molecular complexity index is 967. The fourth-order valence-electron chi connectivity index (χ4n) is 4.15. The highest BCUT2D eigenvalue weighted by atomic mass is 16.2. The van der Waals surface area contributed by atoms with Crippen LogP contribution in [0.3, 0.4) is 0 Å². The van der Waals surface area contributed by atoms with Gasteiger partial charge < -0.3 is 4.90 Å². The summed E-state index contributed by atoms with van der Waals surface area (Å²) in [5, 5.41) is 8.68. The van der Waals surface area contributed by atoms with Gasteiger partial charge in [-0.05, 0) is 44.2 Å². The highest BCUT2D eigenvalue weighted by Gasteiger charge is 2.46. The highest BCUT2D eigenvalue weighted by molar-refractivity contribution is 6.02. The SMILES string of the molecule is CC1CC(C2CC2)C(=O)N1c1ccnn2cc(-c3cnn(C)c3)cc12. The normalized spacial score (nSPS) is 23.8. The van der Waals surface area contributed by atoms with E-state index >= 15 is 0 Å². The van der Waals surface area contributed by atoms with Crippen LogP contribution in [0.4, 0.5) is 5.69 Å². The molecule has 25 heavy (non-hydrogen) atoms. The number of fused-ring (bicyclic) bond motifs is 1. The van der Waals surface area contributed by atoms with Crippen LogP contribution < -0.4 is 4.90 Å². The van der Waals surface area contributed by atoms with Crippen molar-refractivity contribution in [2.45, 2.75) is 32.2 Å². The first-order chi connectivity index (χ1) is 12.1. The lowest BCUT2D eigenvalue weighted by atomic mass is 10.0. The van der Waals surface area contributed by atoms with Gasteiger partial charge in [-0.25, -0.2) is 4.52 Å². The number of amides is 1. The third-order valence-corrected chi connectivity index (χ3v) is 5.57. The predicted molar refractivity (Wildman–Crippen MR) is 95.2 cm³/mol. The van der Waals surface area contributed by atoms with Crippen LogP contribution in [0.15, 0.2) is 36.9 Å². The molecule has 1 amide bonds. The molecule has 2 fully saturated rings. The van der Waals surface area contributed by atoms with Crippen molar-refractivity contribution in [1.29, 1.82) is 0 Å². The first-order valence-electron chi connectivity index (χ1n) is 8.91. The van der Waals surface area contributed by atoms with Crippen molar-refractivity contribution >= 4 is 17.1 Å². The van der Waals surface area contributed by atoms with E-state index in [4.69, 9.17) is 0 Å². The van der Waals surface area contributed by atoms with Gasteiger partial charge in [-0.15, -0.1) is 0 Å². The second-order valence-electron chi connectivity index (χ2n) is 7.41. The molecule has 2 unspecified atom stereocenters. The van der Waals surface area contributed by atoms with Gasteiger partial charge >= 0.3 is 0 Å². The van der Waals surface area contributed by atoms with Gasteiger partial charge in [-0.3, -0.25) is 9.48 Å². The Morgan fingerprint density at radius 1 is 1.16 bits per heavy atom. The molecular formula is C19H21N5O. The first-order valence-corrected chi connectivity index (χ1v) is 8.91. The van der Waals surface area contributed by atoms with E-state index in [9.17, 15) is 4.79 Å². The Kier molecular flexibility index (Phi) is 3.04. The zero-order chi connectivity index (χ0) is 17.1. The van der Waals surface area contributed by atoms with Gasteiger partial charge in [0.05, 0.1) is 17.4 Å². The van der Waals surface area contributed by atoms with Crippen molar-refractivity contribution in [3.63, 3.8) is 0 Å². The summed E-state index contributed by atoms with van der Waals surface area (Å²) in [7, 11) is 1.91. The Balaban J connectivity index is 1.59. The van der Waals surface area contributed by atoms with Crippen LogP contribution in [0.2, 0.25) is 0 Å². The van der Waals surface area contributed by atoms with Crippen molar-refractivity contribution in [1.82, 2.24) is 19.4 Å². The fourth-order valence-corrected chi connectivity index (χ4v) is 4.15. The molecule has 6 heteroatoms. The van der Waals surface area contributed by atoms with Crippen molar-refractivity contribution in [2.75, 3.05) is 4.90 Å². The van der Waals surface area contributed by atoms with Crippen molar-refractivity contribution in [3.8, 4) is 11.1 Å². The van der Waals surface area contributed by atoms with Crippen LogP contribution in [0, 0.1) is 11.8 Å². The van der Waals surface area contributed by atoms with Gasteiger partial charge in [0.25, 0.3) is 0 Å². The number of hydrogen-bond donors (Lipinski definition) is 0. The first kappa shape index (κ1) is 14.7. The molecule has 2 atom stereocenters. The standard InChI is InChI=1S/C19H21N5O/c1-12-7-16(13-3-4-13)19(25)24(12)17-5-6-20-23-11-14(8-18(17)23)15-9-21-22(2)10-15/h5-6,8-13,16H,3-4,7H2,1-2H3. The van der Waals surface area contributed by atoms with E-state index in [1.165, 1.54) is 12.8 Å². The summed E-state index contributed by atoms with van der Waals surface area (Å²) in [4.78, 5) is 15.0. The van der Waals surface area contributed by atoms with Gasteiger partial charge in [0.1, 0.15) is 0 Å². The number of carbonyl (C=O) groups excluding carboxylic acids is 1. The molecule has 1 saturated carbocycles. The fraction of sp³-hybridized carbons (Fsp3) is 0.421. The van der Waals surface area contributed by atoms with E-state index in [1.807, 2.05) is 41.1 Å². The zero-order valence-electron chi connectivity index (χ0n) is 14.5. The molecule has 0 spiro atoms. The van der Waals surface area contributed by atoms with Crippen molar-refractivity contribution in [2.24, 2.45) is 18.9 Å². The number of aromatic nitrogens is 4. The highest BCUT2D eigenvalue weighted by Crippen LogP contribution is 2.45. The molecule has 0 bridgehead atoms. The molecule has 1 aliphatic carbocycles. The monoisotopic (exact) mass is 335 g/mol. The maximum Gasteiger partial charge on any atom is 0.230 e. The molecule has 3 aromatic heterocycles. The maximum atomic E-state index is 13.0. The maximum absolute atomic E-state index is 13.0. The lowest BCUT2D eigenvalue weighted by Gasteiger charge is -2.22. The second kappa shape index (κ2) is 5.18. The van der Waals surface area contributed by atoms with Crippen molar-refractivity contribution in [3.05, 3.63) is 36.9 Å². The van der Waals surface area contributed by atoms with Gasteiger partial charge in [0.2, 0.25) is 5.91 Å². The molecule has 0 aromatic carbocycles. The lowest BCUT2D eigenvalue weighted by Crippen LogP contribution is -2.32. The molecular weight excluding hydrogens is 314 g/mol. The van der Waals surface area contributed by atoms with Crippen LogP contribution in [0.5, 0.6) is 0 Å². The quantitative estimate of drug-likeness (QED) is 0.739. The van der Waals surface area contributed by atoms with E-state index in [0.717, 1.165) is 28.8 Å². The van der Waals surface area contributed by atoms with Crippen LogP contribution in [0.25, 0.3) is 16.6 Å². The minimum absolute atomic E-state index is 0.205. The minimum Gasteiger partial charge on any atom is -0.307 e. The Morgan fingerprint density at radius 2 is 2.00 bits per heavy atom. The van der Waals surface area contributed by atoms with Crippen LogP contribution >= 0.6 is 0 Å². The Labute approximate surface area is 146 Å². The number of nitrogens with zero attached hydrogens (tertiary/aromatic N) is 5. The number of aryl methyl sites for hydroxylation is 1. The van der Waals surface area contributed by atoms with Crippen LogP contribution in [-0.2, 0) is 11.8 Å². The molecule has 6 nitrogen and oxygen atoms in total. The molecule has 2 aliphatic rings. The zero-order valence-corrected chi connectivity index (χ0v) is 14.5. The van der Waals surface area contributed by atoms with E-state index in [1.54, 1.807) is 10.9 Å². The molecule has 1 saturated heterocycles. The van der Waals surface area contributed by atoms with E-state index in [-0.39, 0.29) is 17.9 Å². The third-order valence-electron chi connectivity index (χ3n) is 5.57. The van der Waals surface area contributed by atoms with E-state index in [2.05, 4.69) is 23.2 Å². The molecule has 0 N–H and O–H groups in total. The number of hydrogen-bond acceptors (Lipinski definition) is 3. The summed E-state index contributed by atoms with van der Waals surface area (Å²) >= 11 is 0. The summed E-state index contributed by atoms with van der Waals surface area (Å²) in [6.07, 6.45) is 11.0. The Morgan fingerprint density at radius 3 is 2.72 bits per heavy atom. The third kappa shape index (κ3) is 2.27. The van der Waals surface area contributed by atoms with Gasteiger partial charge in [0, 0.05) is 48.7 Å². The number of carbonyl (C=O) groups is 1. The molecule has 0 radical (unpaired) electrons. The number of anilines is 1. The molecule has 3 aromatic rings. The largest absolute Gasteiger partial charge is 0.307 e. The van der Waals surface area contributed by atoms with Crippen LogP contribution in [-0.4, -0.2) is 31.3 Å². The van der Waals surface area contributed by atoms with Gasteiger partial charge in [-0.1, -0.05) is 0 Å². The Hall–Kier alpha value is -2.63. The summed E-state index contributed by atoms with van der Waals surface area (Å²) in [5.74, 6) is 1.10. The summed E-state index contributed by atoms with van der Waals surface area (Å²) < 4.78 is 3.65. The van der Waals surface area contributed by atoms with Crippen molar-refractivity contribution < 1.29 is 4.79 Å². The van der Waals surface area contributed by atoms with E-state index < -0.39 is 0 Å². The topological polar surface area (TPSA) is 55.4 Å². The predicted octanol–water partition coefficient (Wildman–Crippen LogP) is 2.89. The van der Waals surface area contributed by atoms with Crippen LogP contribution in [0.1, 0.15) is 26.2 Å². The summed E-state index contributed by atoms with van der Waals surface area (Å²) in [6, 6.07) is 4.30. The molecule has 5 rings (SSSR count). The van der Waals surface area contributed by atoms with E-state index in [0.29, 0.717) is 5.92 Å². The molecule has 128 valence electrons. The van der Waals surface area contributed by atoms with Gasteiger partial charge in [-0.2, -0.15) is 10.2 Å². The molecule has 4 heterocycles. The summed E-state index contributed by atoms with van der Waals surface area (Å²) in [6.45, 7) is 2.15.